The molecule has 0 aliphatic carbocycles. The van der Waals surface area contributed by atoms with E-state index in [4.69, 9.17) is 15.6 Å². The lowest BCUT2D eigenvalue weighted by molar-refractivity contribution is 0.229. The number of aromatic nitrogens is 1. The molecule has 18 heavy (non-hydrogen) atoms. The number of aliphatic hydroxyl groups is 1. The zero-order valence-corrected chi connectivity index (χ0v) is 12.1. The highest BCUT2D eigenvalue weighted by Gasteiger charge is 2.14. The quantitative estimate of drug-likeness (QED) is 0.633. The summed E-state index contributed by atoms with van der Waals surface area (Å²) in [5, 5.41) is 13.1. The lowest BCUT2D eigenvalue weighted by atomic mass is 10.1. The topological polar surface area (TPSA) is 80.4 Å². The number of nitrogen functional groups attached to an aromatic ring is 1. The third kappa shape index (κ3) is 4.70. The minimum Gasteiger partial charge on any atom is -0.484 e. The summed E-state index contributed by atoms with van der Waals surface area (Å²) in [5.74, 6) is 1.45. The molecule has 1 aromatic rings. The summed E-state index contributed by atoms with van der Waals surface area (Å²) in [7, 11) is 0. The predicted molar refractivity (Wildman–Crippen MR) is 76.3 cm³/mol. The minimum atomic E-state index is 0.0821. The van der Waals surface area contributed by atoms with Gasteiger partial charge in [-0.1, -0.05) is 6.92 Å². The zero-order valence-electron chi connectivity index (χ0n) is 11.3. The fraction of sp³-hybridized carbons (Fsp3) is 0.750. The number of ether oxygens (including phenoxy) is 1. The van der Waals surface area contributed by atoms with Gasteiger partial charge in [-0.15, -0.1) is 0 Å². The SMILES string of the molecule is CC(CO)CCCNc1snc(N)c1OC(C)C. The molecule has 0 bridgehead atoms. The molecular formula is C12H23N3O2S. The molecule has 0 aromatic carbocycles. The van der Waals surface area contributed by atoms with E-state index in [1.807, 2.05) is 20.8 Å². The van der Waals surface area contributed by atoms with Crippen molar-refractivity contribution in [2.24, 2.45) is 5.92 Å². The van der Waals surface area contributed by atoms with Gasteiger partial charge < -0.3 is 20.9 Å². The van der Waals surface area contributed by atoms with Crippen LogP contribution in [-0.4, -0.2) is 28.7 Å². The number of aliphatic hydroxyl groups excluding tert-OH is 1. The third-order valence-electron chi connectivity index (χ3n) is 2.50. The summed E-state index contributed by atoms with van der Waals surface area (Å²) in [6.45, 7) is 7.04. The Morgan fingerprint density at radius 3 is 2.78 bits per heavy atom. The van der Waals surface area contributed by atoms with Crippen LogP contribution >= 0.6 is 11.5 Å². The Morgan fingerprint density at radius 2 is 2.17 bits per heavy atom. The summed E-state index contributed by atoms with van der Waals surface area (Å²) in [4.78, 5) is 0. The molecule has 1 rings (SSSR count). The van der Waals surface area contributed by atoms with Gasteiger partial charge in [-0.3, -0.25) is 0 Å². The van der Waals surface area contributed by atoms with Crippen LogP contribution in [0, 0.1) is 5.92 Å². The van der Waals surface area contributed by atoms with Crippen LogP contribution in [0.5, 0.6) is 5.75 Å². The summed E-state index contributed by atoms with van der Waals surface area (Å²) < 4.78 is 9.73. The van der Waals surface area contributed by atoms with Crippen molar-refractivity contribution in [2.45, 2.75) is 39.7 Å². The van der Waals surface area contributed by atoms with Crippen molar-refractivity contribution >= 4 is 22.4 Å². The average Bonchev–Trinajstić information content (AvgIpc) is 2.66. The molecule has 6 heteroatoms. The molecule has 0 saturated carbocycles. The number of anilines is 2. The lowest BCUT2D eigenvalue weighted by Gasteiger charge is -2.12. The molecule has 5 nitrogen and oxygen atoms in total. The van der Waals surface area contributed by atoms with Crippen LogP contribution in [0.15, 0.2) is 0 Å². The largest absolute Gasteiger partial charge is 0.484 e. The van der Waals surface area contributed by atoms with E-state index in [1.165, 1.54) is 11.5 Å². The lowest BCUT2D eigenvalue weighted by Crippen LogP contribution is -2.10. The fourth-order valence-corrected chi connectivity index (χ4v) is 2.17. The molecule has 0 aliphatic rings. The molecule has 1 aromatic heterocycles. The maximum absolute atomic E-state index is 8.93. The summed E-state index contributed by atoms with van der Waals surface area (Å²) in [6.07, 6.45) is 2.08. The van der Waals surface area contributed by atoms with E-state index in [0.717, 1.165) is 24.4 Å². The zero-order chi connectivity index (χ0) is 13.5. The highest BCUT2D eigenvalue weighted by atomic mass is 32.1. The van der Waals surface area contributed by atoms with E-state index < -0.39 is 0 Å². The number of hydrogen-bond acceptors (Lipinski definition) is 6. The third-order valence-corrected chi connectivity index (χ3v) is 3.30. The van der Waals surface area contributed by atoms with Gasteiger partial charge >= 0.3 is 0 Å². The van der Waals surface area contributed by atoms with E-state index in [1.54, 1.807) is 0 Å². The summed E-state index contributed by atoms with van der Waals surface area (Å²) in [6, 6.07) is 0. The van der Waals surface area contributed by atoms with E-state index in [-0.39, 0.29) is 12.7 Å². The van der Waals surface area contributed by atoms with Crippen molar-refractivity contribution in [3.8, 4) is 5.75 Å². The van der Waals surface area contributed by atoms with Crippen molar-refractivity contribution in [1.82, 2.24) is 4.37 Å². The Morgan fingerprint density at radius 1 is 1.44 bits per heavy atom. The monoisotopic (exact) mass is 273 g/mol. The van der Waals surface area contributed by atoms with Crippen LogP contribution in [0.3, 0.4) is 0 Å². The Bertz CT molecular complexity index is 355. The second-order valence-electron chi connectivity index (χ2n) is 4.75. The van der Waals surface area contributed by atoms with E-state index in [2.05, 4.69) is 9.69 Å². The van der Waals surface area contributed by atoms with Gasteiger partial charge in [0.05, 0.1) is 6.10 Å². The van der Waals surface area contributed by atoms with Crippen LogP contribution in [0.1, 0.15) is 33.6 Å². The Kier molecular flexibility index (Phi) is 6.21. The molecule has 1 atom stereocenters. The van der Waals surface area contributed by atoms with Crippen molar-refractivity contribution in [1.29, 1.82) is 0 Å². The van der Waals surface area contributed by atoms with Gasteiger partial charge in [-0.2, -0.15) is 4.37 Å². The first kappa shape index (κ1) is 15.0. The molecule has 104 valence electrons. The van der Waals surface area contributed by atoms with Gasteiger partial charge in [0.25, 0.3) is 0 Å². The molecule has 0 spiro atoms. The molecule has 4 N–H and O–H groups in total. The average molecular weight is 273 g/mol. The van der Waals surface area contributed by atoms with Crippen molar-refractivity contribution in [3.05, 3.63) is 0 Å². The Labute approximate surface area is 113 Å². The maximum atomic E-state index is 8.93. The first-order chi connectivity index (χ1) is 8.54. The Hall–Kier alpha value is -1.01. The number of nitrogens with two attached hydrogens (primary N) is 1. The Balaban J connectivity index is 2.42. The van der Waals surface area contributed by atoms with Crippen LogP contribution < -0.4 is 15.8 Å². The maximum Gasteiger partial charge on any atom is 0.197 e. The van der Waals surface area contributed by atoms with E-state index in [9.17, 15) is 0 Å². The minimum absolute atomic E-state index is 0.0821. The van der Waals surface area contributed by atoms with Gasteiger partial charge in [0.1, 0.15) is 0 Å². The second kappa shape index (κ2) is 7.43. The van der Waals surface area contributed by atoms with Crippen LogP contribution in [0.25, 0.3) is 0 Å². The summed E-state index contributed by atoms with van der Waals surface area (Å²) >= 11 is 1.32. The van der Waals surface area contributed by atoms with Gasteiger partial charge in [-0.25, -0.2) is 0 Å². The first-order valence-corrected chi connectivity index (χ1v) is 7.08. The van der Waals surface area contributed by atoms with Crippen molar-refractivity contribution < 1.29 is 9.84 Å². The second-order valence-corrected chi connectivity index (χ2v) is 5.52. The van der Waals surface area contributed by atoms with Gasteiger partial charge in [0, 0.05) is 13.2 Å². The highest BCUT2D eigenvalue weighted by molar-refractivity contribution is 7.11. The van der Waals surface area contributed by atoms with Gasteiger partial charge in [0.2, 0.25) is 0 Å². The summed E-state index contributed by atoms with van der Waals surface area (Å²) in [5.41, 5.74) is 5.76. The van der Waals surface area contributed by atoms with Gasteiger partial charge in [-0.05, 0) is 44.1 Å². The standard InChI is InChI=1S/C12H23N3O2S/c1-8(2)17-10-11(13)15-18-12(10)14-6-4-5-9(3)7-16/h8-9,14,16H,4-7H2,1-3H3,(H2,13,15). The van der Waals surface area contributed by atoms with E-state index in [0.29, 0.717) is 17.5 Å². The molecule has 0 amide bonds. The number of hydrogen-bond donors (Lipinski definition) is 3. The molecule has 1 unspecified atom stereocenters. The molecule has 0 aliphatic heterocycles. The molecule has 0 fully saturated rings. The molecule has 0 saturated heterocycles. The van der Waals surface area contributed by atoms with E-state index >= 15 is 0 Å². The smallest absolute Gasteiger partial charge is 0.197 e. The molecular weight excluding hydrogens is 250 g/mol. The predicted octanol–water partition coefficient (Wildman–Crippen LogP) is 2.33. The van der Waals surface area contributed by atoms with Crippen LogP contribution in [0.4, 0.5) is 10.8 Å². The molecule has 1 heterocycles. The van der Waals surface area contributed by atoms with Crippen LogP contribution in [0.2, 0.25) is 0 Å². The van der Waals surface area contributed by atoms with Crippen LogP contribution in [-0.2, 0) is 0 Å². The fourth-order valence-electron chi connectivity index (χ4n) is 1.50. The van der Waals surface area contributed by atoms with Crippen molar-refractivity contribution in [3.63, 3.8) is 0 Å². The first-order valence-electron chi connectivity index (χ1n) is 6.31. The highest BCUT2D eigenvalue weighted by Crippen LogP contribution is 2.35. The van der Waals surface area contributed by atoms with Gasteiger partial charge in [0.15, 0.2) is 16.6 Å². The number of nitrogens with zero attached hydrogens (tertiary/aromatic N) is 1. The molecule has 0 radical (unpaired) electrons. The number of nitrogens with one attached hydrogen (secondary N) is 1. The van der Waals surface area contributed by atoms with Crippen molar-refractivity contribution in [2.75, 3.05) is 24.2 Å². The number of rotatable bonds is 8. The normalized spacial score (nSPS) is 12.7.